The number of benzene rings is 1. The summed E-state index contributed by atoms with van der Waals surface area (Å²) >= 11 is 0. The molecule has 1 fully saturated rings. The highest BCUT2D eigenvalue weighted by Gasteiger charge is 2.21. The Morgan fingerprint density at radius 1 is 0.926 bits per heavy atom. The van der Waals surface area contributed by atoms with Gasteiger partial charge in [-0.25, -0.2) is 4.79 Å². The highest BCUT2D eigenvalue weighted by atomic mass is 16.2. The number of carbonyl (C=O) groups is 3. The molecule has 3 N–H and O–H groups in total. The van der Waals surface area contributed by atoms with Gasteiger partial charge in [-0.05, 0) is 18.1 Å². The summed E-state index contributed by atoms with van der Waals surface area (Å²) in [6, 6.07) is 8.91. The van der Waals surface area contributed by atoms with Crippen LogP contribution in [-0.4, -0.2) is 73.5 Å². The number of anilines is 1. The van der Waals surface area contributed by atoms with E-state index in [1.54, 1.807) is 0 Å². The van der Waals surface area contributed by atoms with Crippen molar-refractivity contribution in [2.45, 2.75) is 13.8 Å². The summed E-state index contributed by atoms with van der Waals surface area (Å²) in [5.41, 5.74) is 0.786. The van der Waals surface area contributed by atoms with Gasteiger partial charge in [0.2, 0.25) is 11.8 Å². The molecule has 1 aromatic carbocycles. The van der Waals surface area contributed by atoms with Gasteiger partial charge in [0.25, 0.3) is 0 Å². The van der Waals surface area contributed by atoms with Gasteiger partial charge >= 0.3 is 6.03 Å². The summed E-state index contributed by atoms with van der Waals surface area (Å²) in [5, 5.41) is 7.87. The summed E-state index contributed by atoms with van der Waals surface area (Å²) in [6.45, 7) is 7.78. The first-order valence-corrected chi connectivity index (χ1v) is 9.29. The zero-order valence-electron chi connectivity index (χ0n) is 16.0. The van der Waals surface area contributed by atoms with Gasteiger partial charge in [-0.2, -0.15) is 0 Å². The molecule has 1 aliphatic rings. The van der Waals surface area contributed by atoms with Gasteiger partial charge in [0.05, 0.1) is 13.1 Å². The molecule has 1 aliphatic heterocycles. The Labute approximate surface area is 160 Å². The fraction of sp³-hybridized carbons (Fsp3) is 0.526. The number of hydrogen-bond acceptors (Lipinski definition) is 5. The summed E-state index contributed by atoms with van der Waals surface area (Å²) in [7, 11) is 0. The Hall–Kier alpha value is -2.45. The first kappa shape index (κ1) is 20.9. The van der Waals surface area contributed by atoms with Crippen molar-refractivity contribution >= 4 is 23.5 Å². The fourth-order valence-corrected chi connectivity index (χ4v) is 2.74. The Kier molecular flexibility index (Phi) is 8.22. The van der Waals surface area contributed by atoms with Crippen molar-refractivity contribution in [2.24, 2.45) is 5.92 Å². The van der Waals surface area contributed by atoms with E-state index in [9.17, 15) is 14.4 Å². The second kappa shape index (κ2) is 10.6. The van der Waals surface area contributed by atoms with Crippen molar-refractivity contribution in [3.8, 4) is 0 Å². The van der Waals surface area contributed by atoms with Crippen molar-refractivity contribution in [2.75, 3.05) is 51.1 Å². The lowest BCUT2D eigenvalue weighted by Gasteiger charge is -2.33. The van der Waals surface area contributed by atoms with E-state index in [4.69, 9.17) is 0 Å². The van der Waals surface area contributed by atoms with E-state index < -0.39 is 6.03 Å². The molecule has 0 radical (unpaired) electrons. The molecule has 1 aromatic rings. The Morgan fingerprint density at radius 2 is 1.48 bits per heavy atom. The summed E-state index contributed by atoms with van der Waals surface area (Å²) < 4.78 is 0. The molecule has 0 saturated carbocycles. The maximum absolute atomic E-state index is 12.1. The van der Waals surface area contributed by atoms with E-state index in [0.29, 0.717) is 45.2 Å². The lowest BCUT2D eigenvalue weighted by atomic mass is 10.2. The minimum absolute atomic E-state index is 0.0470. The Bertz CT molecular complexity index is 627. The lowest BCUT2D eigenvalue weighted by Crippen LogP contribution is -2.52. The summed E-state index contributed by atoms with van der Waals surface area (Å²) in [5.74, 6) is -0.0289. The zero-order valence-corrected chi connectivity index (χ0v) is 16.0. The largest absolute Gasteiger partial charge is 0.338 e. The van der Waals surface area contributed by atoms with Crippen LogP contribution in [0, 0.1) is 5.92 Å². The SMILES string of the molecule is CC(C)CNC(=O)NC(=O)CN1CCN(CC(=O)Nc2ccccc2)CC1. The van der Waals surface area contributed by atoms with Gasteiger partial charge in [0.15, 0.2) is 0 Å². The van der Waals surface area contributed by atoms with Gasteiger partial charge in [0.1, 0.15) is 0 Å². The van der Waals surface area contributed by atoms with Gasteiger partial charge in [0, 0.05) is 38.4 Å². The van der Waals surface area contributed by atoms with E-state index in [-0.39, 0.29) is 18.4 Å². The zero-order chi connectivity index (χ0) is 19.6. The highest BCUT2D eigenvalue weighted by Crippen LogP contribution is 2.06. The monoisotopic (exact) mass is 375 g/mol. The third-order valence-corrected chi connectivity index (χ3v) is 4.18. The van der Waals surface area contributed by atoms with Crippen LogP contribution in [0.3, 0.4) is 0 Å². The minimum Gasteiger partial charge on any atom is -0.338 e. The molecule has 8 heteroatoms. The second-order valence-electron chi connectivity index (χ2n) is 7.12. The van der Waals surface area contributed by atoms with Crippen molar-refractivity contribution in [3.05, 3.63) is 30.3 Å². The molecule has 0 aliphatic carbocycles. The number of urea groups is 1. The van der Waals surface area contributed by atoms with Crippen LogP contribution in [-0.2, 0) is 9.59 Å². The van der Waals surface area contributed by atoms with Gasteiger partial charge in [-0.15, -0.1) is 0 Å². The fourth-order valence-electron chi connectivity index (χ4n) is 2.74. The van der Waals surface area contributed by atoms with Gasteiger partial charge in [-0.1, -0.05) is 32.0 Å². The van der Waals surface area contributed by atoms with Crippen LogP contribution in [0.4, 0.5) is 10.5 Å². The van der Waals surface area contributed by atoms with Crippen LogP contribution >= 0.6 is 0 Å². The van der Waals surface area contributed by atoms with Crippen molar-refractivity contribution in [1.29, 1.82) is 0 Å². The molecule has 0 aromatic heterocycles. The maximum atomic E-state index is 12.1. The average molecular weight is 375 g/mol. The van der Waals surface area contributed by atoms with Crippen LogP contribution in [0.1, 0.15) is 13.8 Å². The molecule has 4 amide bonds. The molecule has 0 atom stereocenters. The quantitative estimate of drug-likeness (QED) is 0.653. The van der Waals surface area contributed by atoms with Crippen LogP contribution in [0.2, 0.25) is 0 Å². The molecule has 8 nitrogen and oxygen atoms in total. The normalized spacial score (nSPS) is 15.4. The smallest absolute Gasteiger partial charge is 0.321 e. The van der Waals surface area contributed by atoms with Crippen molar-refractivity contribution in [3.63, 3.8) is 0 Å². The number of amides is 4. The van der Waals surface area contributed by atoms with E-state index in [1.807, 2.05) is 49.1 Å². The van der Waals surface area contributed by atoms with E-state index in [2.05, 4.69) is 20.9 Å². The number of nitrogens with zero attached hydrogens (tertiary/aromatic N) is 2. The number of nitrogens with one attached hydrogen (secondary N) is 3. The molecule has 148 valence electrons. The molecular formula is C19H29N5O3. The molecule has 1 heterocycles. The molecule has 2 rings (SSSR count). The lowest BCUT2D eigenvalue weighted by molar-refractivity contribution is -0.122. The summed E-state index contributed by atoms with van der Waals surface area (Å²) in [4.78, 5) is 39.7. The van der Waals surface area contributed by atoms with Gasteiger partial charge < -0.3 is 10.6 Å². The molecular weight excluding hydrogens is 346 g/mol. The number of rotatable bonds is 7. The second-order valence-corrected chi connectivity index (χ2v) is 7.12. The Balaban J connectivity index is 1.64. The first-order chi connectivity index (χ1) is 12.9. The van der Waals surface area contributed by atoms with E-state index in [1.165, 1.54) is 0 Å². The van der Waals surface area contributed by atoms with Crippen LogP contribution in [0.5, 0.6) is 0 Å². The van der Waals surface area contributed by atoms with Crippen molar-refractivity contribution in [1.82, 2.24) is 20.4 Å². The van der Waals surface area contributed by atoms with Crippen molar-refractivity contribution < 1.29 is 14.4 Å². The third kappa shape index (κ3) is 8.19. The summed E-state index contributed by atoms with van der Waals surface area (Å²) in [6.07, 6.45) is 0. The average Bonchev–Trinajstić information content (AvgIpc) is 2.62. The molecule has 0 spiro atoms. The first-order valence-electron chi connectivity index (χ1n) is 9.29. The predicted octanol–water partition coefficient (Wildman–Crippen LogP) is 0.725. The molecule has 0 bridgehead atoms. The standard InChI is InChI=1S/C19H29N5O3/c1-15(2)12-20-19(27)22-18(26)14-24-10-8-23(9-11-24)13-17(25)21-16-6-4-3-5-7-16/h3-7,15H,8-14H2,1-2H3,(H,21,25)(H2,20,22,26,27). The van der Waals surface area contributed by atoms with E-state index in [0.717, 1.165) is 5.69 Å². The maximum Gasteiger partial charge on any atom is 0.321 e. The third-order valence-electron chi connectivity index (χ3n) is 4.18. The van der Waals surface area contributed by atoms with Gasteiger partial charge in [-0.3, -0.25) is 24.7 Å². The molecule has 1 saturated heterocycles. The van der Waals surface area contributed by atoms with Crippen LogP contribution < -0.4 is 16.0 Å². The number of piperazine rings is 1. The predicted molar refractivity (Wildman–Crippen MR) is 104 cm³/mol. The number of para-hydroxylation sites is 1. The highest BCUT2D eigenvalue weighted by molar-refractivity contribution is 5.95. The topological polar surface area (TPSA) is 93.8 Å². The number of carbonyl (C=O) groups excluding carboxylic acids is 3. The Morgan fingerprint density at radius 3 is 2.04 bits per heavy atom. The molecule has 27 heavy (non-hydrogen) atoms. The number of imide groups is 1. The minimum atomic E-state index is -0.454. The molecule has 0 unspecified atom stereocenters. The van der Waals surface area contributed by atoms with E-state index >= 15 is 0 Å². The van der Waals surface area contributed by atoms with Crippen LogP contribution in [0.15, 0.2) is 30.3 Å². The van der Waals surface area contributed by atoms with Crippen LogP contribution in [0.25, 0.3) is 0 Å². The number of hydrogen-bond donors (Lipinski definition) is 3.